The number of fused-ring (bicyclic) bond motifs is 2. The molecule has 2 N–H and O–H groups in total. The molecule has 112 valence electrons. The SMILES string of the molecule is Cc1nc(N)sc1S(=O)(=O)N1CCC2CCC(C1)N2C. The quantitative estimate of drug-likeness (QED) is 0.876. The Hall–Kier alpha value is -0.700. The minimum Gasteiger partial charge on any atom is -0.375 e. The van der Waals surface area contributed by atoms with Gasteiger partial charge in [0, 0.05) is 25.2 Å². The van der Waals surface area contributed by atoms with Gasteiger partial charge in [0.2, 0.25) is 0 Å². The maximum absolute atomic E-state index is 12.8. The first kappa shape index (κ1) is 14.2. The summed E-state index contributed by atoms with van der Waals surface area (Å²) in [5, 5.41) is 0.314. The highest BCUT2D eigenvalue weighted by molar-refractivity contribution is 7.91. The van der Waals surface area contributed by atoms with Gasteiger partial charge < -0.3 is 5.73 Å². The summed E-state index contributed by atoms with van der Waals surface area (Å²) in [5.41, 5.74) is 6.14. The van der Waals surface area contributed by atoms with E-state index in [0.29, 0.717) is 40.2 Å². The van der Waals surface area contributed by atoms with Crippen molar-refractivity contribution in [3.8, 4) is 0 Å². The van der Waals surface area contributed by atoms with Crippen LogP contribution in [0.2, 0.25) is 0 Å². The second-order valence-corrected chi connectivity index (χ2v) is 8.79. The Kier molecular flexibility index (Phi) is 3.52. The highest BCUT2D eigenvalue weighted by atomic mass is 32.2. The van der Waals surface area contributed by atoms with E-state index in [-0.39, 0.29) is 0 Å². The molecule has 20 heavy (non-hydrogen) atoms. The lowest BCUT2D eigenvalue weighted by Crippen LogP contribution is -2.39. The zero-order valence-corrected chi connectivity index (χ0v) is 13.4. The molecule has 2 fully saturated rings. The van der Waals surface area contributed by atoms with Crippen LogP contribution in [-0.2, 0) is 10.0 Å². The highest BCUT2D eigenvalue weighted by Crippen LogP contribution is 2.33. The van der Waals surface area contributed by atoms with Gasteiger partial charge in [-0.1, -0.05) is 11.3 Å². The predicted molar refractivity (Wildman–Crippen MR) is 79.2 cm³/mol. The number of nitrogen functional groups attached to an aromatic ring is 1. The predicted octanol–water partition coefficient (Wildman–Crippen LogP) is 0.891. The molecular formula is C12H20N4O2S2. The summed E-state index contributed by atoms with van der Waals surface area (Å²) in [4.78, 5) is 6.38. The lowest BCUT2D eigenvalue weighted by atomic mass is 10.1. The Morgan fingerprint density at radius 1 is 1.30 bits per heavy atom. The van der Waals surface area contributed by atoms with Gasteiger partial charge in [0.05, 0.1) is 5.69 Å². The number of nitrogens with two attached hydrogens (primary N) is 1. The molecule has 2 unspecified atom stereocenters. The topological polar surface area (TPSA) is 79.5 Å². The van der Waals surface area contributed by atoms with Crippen LogP contribution in [0.25, 0.3) is 0 Å². The molecule has 6 nitrogen and oxygen atoms in total. The van der Waals surface area contributed by atoms with Crippen LogP contribution >= 0.6 is 11.3 Å². The number of hydrogen-bond acceptors (Lipinski definition) is 6. The maximum Gasteiger partial charge on any atom is 0.254 e. The molecule has 3 heterocycles. The third kappa shape index (κ3) is 2.24. The second-order valence-electron chi connectivity index (χ2n) is 5.63. The molecule has 2 atom stereocenters. The first-order valence-electron chi connectivity index (χ1n) is 6.84. The van der Waals surface area contributed by atoms with Gasteiger partial charge in [-0.15, -0.1) is 0 Å². The van der Waals surface area contributed by atoms with E-state index in [4.69, 9.17) is 5.73 Å². The summed E-state index contributed by atoms with van der Waals surface area (Å²) in [7, 11) is -1.35. The van der Waals surface area contributed by atoms with E-state index < -0.39 is 10.0 Å². The molecule has 0 radical (unpaired) electrons. The fourth-order valence-electron chi connectivity index (χ4n) is 3.26. The van der Waals surface area contributed by atoms with Crippen LogP contribution in [0.15, 0.2) is 4.21 Å². The molecule has 0 saturated carbocycles. The minimum atomic E-state index is -3.46. The number of thiazole rings is 1. The van der Waals surface area contributed by atoms with E-state index in [1.54, 1.807) is 11.2 Å². The first-order chi connectivity index (χ1) is 9.39. The molecule has 3 rings (SSSR count). The van der Waals surface area contributed by atoms with E-state index in [0.717, 1.165) is 24.2 Å². The molecule has 2 bridgehead atoms. The molecule has 0 aromatic carbocycles. The van der Waals surface area contributed by atoms with Crippen LogP contribution in [0, 0.1) is 6.92 Å². The molecule has 1 aromatic heterocycles. The fourth-order valence-corrected chi connectivity index (χ4v) is 6.18. The van der Waals surface area contributed by atoms with E-state index in [1.165, 1.54) is 6.42 Å². The van der Waals surface area contributed by atoms with E-state index in [2.05, 4.69) is 16.9 Å². The number of anilines is 1. The van der Waals surface area contributed by atoms with Crippen molar-refractivity contribution in [3.05, 3.63) is 5.69 Å². The summed E-state index contributed by atoms with van der Waals surface area (Å²) in [6, 6.07) is 0.857. The lowest BCUT2D eigenvalue weighted by molar-refractivity contribution is 0.246. The summed E-state index contributed by atoms with van der Waals surface area (Å²) < 4.78 is 27.5. The van der Waals surface area contributed by atoms with Gasteiger partial charge in [-0.2, -0.15) is 4.31 Å². The number of sulfonamides is 1. The molecule has 0 amide bonds. The zero-order valence-electron chi connectivity index (χ0n) is 11.7. The summed E-state index contributed by atoms with van der Waals surface area (Å²) in [6.45, 7) is 2.87. The van der Waals surface area contributed by atoms with Gasteiger partial charge in [0.15, 0.2) is 9.34 Å². The van der Waals surface area contributed by atoms with Crippen LogP contribution < -0.4 is 5.73 Å². The van der Waals surface area contributed by atoms with Gasteiger partial charge in [-0.3, -0.25) is 4.90 Å². The van der Waals surface area contributed by atoms with E-state index >= 15 is 0 Å². The number of rotatable bonds is 2. The lowest BCUT2D eigenvalue weighted by Gasteiger charge is -2.24. The molecule has 8 heteroatoms. The second kappa shape index (κ2) is 4.94. The summed E-state index contributed by atoms with van der Waals surface area (Å²) in [5.74, 6) is 0. The maximum atomic E-state index is 12.8. The van der Waals surface area contributed by atoms with Crippen LogP contribution in [0.5, 0.6) is 0 Å². The Balaban J connectivity index is 1.90. The van der Waals surface area contributed by atoms with Crippen LogP contribution in [0.1, 0.15) is 25.0 Å². The van der Waals surface area contributed by atoms with Crippen molar-refractivity contribution in [1.82, 2.24) is 14.2 Å². The number of aromatic nitrogens is 1. The third-order valence-corrected chi connectivity index (χ3v) is 7.89. The molecule has 0 aliphatic carbocycles. The monoisotopic (exact) mass is 316 g/mol. The molecule has 0 spiro atoms. The van der Waals surface area contributed by atoms with Gasteiger partial charge in [-0.05, 0) is 33.2 Å². The minimum absolute atomic E-state index is 0.301. The third-order valence-electron chi connectivity index (χ3n) is 4.46. The van der Waals surface area contributed by atoms with Gasteiger partial charge in [0.25, 0.3) is 10.0 Å². The zero-order chi connectivity index (χ0) is 14.5. The largest absolute Gasteiger partial charge is 0.375 e. The number of hydrogen-bond donors (Lipinski definition) is 1. The first-order valence-corrected chi connectivity index (χ1v) is 9.10. The average molecular weight is 316 g/mol. The van der Waals surface area contributed by atoms with Crippen molar-refractivity contribution >= 4 is 26.5 Å². The van der Waals surface area contributed by atoms with Crippen molar-refractivity contribution in [3.63, 3.8) is 0 Å². The Labute approximate surface area is 123 Å². The molecule has 2 aliphatic heterocycles. The number of aryl methyl sites for hydroxylation is 1. The Morgan fingerprint density at radius 3 is 2.65 bits per heavy atom. The van der Waals surface area contributed by atoms with E-state index in [9.17, 15) is 8.42 Å². The molecule has 2 aliphatic rings. The smallest absolute Gasteiger partial charge is 0.254 e. The number of nitrogens with zero attached hydrogens (tertiary/aromatic N) is 3. The summed E-state index contributed by atoms with van der Waals surface area (Å²) in [6.07, 6.45) is 3.16. The number of likely N-dealkylation sites (N-methyl/N-ethyl adjacent to an activating group) is 1. The van der Waals surface area contributed by atoms with Crippen LogP contribution in [-0.4, -0.2) is 54.8 Å². The van der Waals surface area contributed by atoms with Crippen molar-refractivity contribution in [2.75, 3.05) is 25.9 Å². The van der Waals surface area contributed by atoms with Crippen LogP contribution in [0.3, 0.4) is 0 Å². The Bertz CT molecular complexity index is 613. The highest BCUT2D eigenvalue weighted by Gasteiger charge is 2.39. The van der Waals surface area contributed by atoms with Gasteiger partial charge in [0.1, 0.15) is 0 Å². The van der Waals surface area contributed by atoms with Gasteiger partial charge >= 0.3 is 0 Å². The van der Waals surface area contributed by atoms with Crippen molar-refractivity contribution in [2.45, 2.75) is 42.5 Å². The standard InChI is InChI=1S/C12H20N4O2S2/c1-8-11(19-12(13)14-8)20(17,18)16-6-5-9-3-4-10(7-16)15(9)2/h9-10H,3-7H2,1-2H3,(H2,13,14). The summed E-state index contributed by atoms with van der Waals surface area (Å²) >= 11 is 1.07. The van der Waals surface area contributed by atoms with Crippen molar-refractivity contribution < 1.29 is 8.42 Å². The fraction of sp³-hybridized carbons (Fsp3) is 0.750. The van der Waals surface area contributed by atoms with E-state index in [1.807, 2.05) is 0 Å². The van der Waals surface area contributed by atoms with Crippen LogP contribution in [0.4, 0.5) is 5.13 Å². The van der Waals surface area contributed by atoms with Gasteiger partial charge in [-0.25, -0.2) is 13.4 Å². The van der Waals surface area contributed by atoms with Crippen molar-refractivity contribution in [1.29, 1.82) is 0 Å². The molecule has 2 saturated heterocycles. The average Bonchev–Trinajstić information content (AvgIpc) is 2.79. The van der Waals surface area contributed by atoms with Crippen molar-refractivity contribution in [2.24, 2.45) is 0 Å². The Morgan fingerprint density at radius 2 is 2.00 bits per heavy atom. The molecule has 1 aromatic rings. The normalized spacial score (nSPS) is 28.7. The molecular weight excluding hydrogens is 296 g/mol.